The molecule has 5 heteroatoms. The van der Waals surface area contributed by atoms with E-state index in [1.807, 2.05) is 6.07 Å². The third-order valence-corrected chi connectivity index (χ3v) is 2.60. The third-order valence-electron chi connectivity index (χ3n) is 2.30. The Balaban J connectivity index is 2.38. The zero-order chi connectivity index (χ0) is 13.1. The molecule has 2 N–H and O–H groups in total. The van der Waals surface area contributed by atoms with E-state index in [4.69, 9.17) is 27.3 Å². The van der Waals surface area contributed by atoms with Crippen molar-refractivity contribution in [1.82, 2.24) is 0 Å². The number of hydrogen-bond acceptors (Lipinski definition) is 3. The molecule has 0 fully saturated rings. The van der Waals surface area contributed by atoms with Crippen molar-refractivity contribution in [3.8, 4) is 17.6 Å². The van der Waals surface area contributed by atoms with Crippen LogP contribution in [0.25, 0.3) is 0 Å². The number of nitriles is 1. The van der Waals surface area contributed by atoms with Crippen molar-refractivity contribution in [3.05, 3.63) is 52.8 Å². The third kappa shape index (κ3) is 2.36. The van der Waals surface area contributed by atoms with Crippen molar-refractivity contribution in [2.45, 2.75) is 0 Å². The van der Waals surface area contributed by atoms with E-state index in [9.17, 15) is 4.39 Å². The second-order valence-electron chi connectivity index (χ2n) is 3.51. The van der Waals surface area contributed by atoms with Crippen LogP contribution in [0.5, 0.6) is 11.5 Å². The van der Waals surface area contributed by atoms with Gasteiger partial charge in [-0.15, -0.1) is 0 Å². The lowest BCUT2D eigenvalue weighted by atomic mass is 10.2. The van der Waals surface area contributed by atoms with E-state index in [1.165, 1.54) is 12.1 Å². The summed E-state index contributed by atoms with van der Waals surface area (Å²) in [6, 6.07) is 10.5. The summed E-state index contributed by atoms with van der Waals surface area (Å²) >= 11 is 5.83. The summed E-state index contributed by atoms with van der Waals surface area (Å²) in [7, 11) is 0. The number of nitrogens with zero attached hydrogens (tertiary/aromatic N) is 1. The lowest BCUT2D eigenvalue weighted by Gasteiger charge is -2.10. The Bertz CT molecular complexity index is 637. The first kappa shape index (κ1) is 12.2. The monoisotopic (exact) mass is 262 g/mol. The summed E-state index contributed by atoms with van der Waals surface area (Å²) in [6.07, 6.45) is 0. The molecule has 0 heterocycles. The van der Waals surface area contributed by atoms with Crippen LogP contribution >= 0.6 is 11.6 Å². The summed E-state index contributed by atoms with van der Waals surface area (Å²) in [5, 5.41) is 8.97. The van der Waals surface area contributed by atoms with Crippen molar-refractivity contribution in [2.75, 3.05) is 5.73 Å². The highest BCUT2D eigenvalue weighted by molar-refractivity contribution is 6.32. The van der Waals surface area contributed by atoms with Crippen LogP contribution in [0.2, 0.25) is 5.02 Å². The molecule has 0 aromatic heterocycles. The molecule has 2 rings (SSSR count). The Morgan fingerprint density at radius 3 is 2.67 bits per heavy atom. The van der Waals surface area contributed by atoms with Crippen LogP contribution in [0.15, 0.2) is 36.4 Å². The largest absolute Gasteiger partial charge is 0.454 e. The molecule has 0 saturated heterocycles. The fourth-order valence-electron chi connectivity index (χ4n) is 1.41. The van der Waals surface area contributed by atoms with E-state index in [0.717, 1.165) is 6.07 Å². The molecule has 90 valence electrons. The molecule has 0 atom stereocenters. The number of rotatable bonds is 2. The van der Waals surface area contributed by atoms with Crippen molar-refractivity contribution >= 4 is 17.3 Å². The van der Waals surface area contributed by atoms with E-state index in [-0.39, 0.29) is 16.5 Å². The van der Waals surface area contributed by atoms with Crippen LogP contribution < -0.4 is 10.5 Å². The topological polar surface area (TPSA) is 59.0 Å². The second kappa shape index (κ2) is 4.94. The standard InChI is InChI=1S/C13H8ClFN2O/c14-10-6-9(15)4-5-11(10)18-12-3-1-2-8(7-16)13(12)17/h1-6H,17H2. The number of ether oxygens (including phenoxy) is 1. The van der Waals surface area contributed by atoms with Gasteiger partial charge < -0.3 is 10.5 Å². The van der Waals surface area contributed by atoms with E-state index in [0.29, 0.717) is 11.3 Å². The molecule has 2 aromatic carbocycles. The molecule has 0 spiro atoms. The first-order valence-electron chi connectivity index (χ1n) is 5.03. The number of para-hydroxylation sites is 1. The summed E-state index contributed by atoms with van der Waals surface area (Å²) in [4.78, 5) is 0. The van der Waals surface area contributed by atoms with Gasteiger partial charge in [0.2, 0.25) is 0 Å². The highest BCUT2D eigenvalue weighted by Gasteiger charge is 2.09. The fraction of sp³-hybridized carbons (Fsp3) is 0. The maximum Gasteiger partial charge on any atom is 0.151 e. The smallest absolute Gasteiger partial charge is 0.151 e. The first-order valence-corrected chi connectivity index (χ1v) is 5.41. The Morgan fingerprint density at radius 1 is 1.22 bits per heavy atom. The summed E-state index contributed by atoms with van der Waals surface area (Å²) in [6.45, 7) is 0. The van der Waals surface area contributed by atoms with Gasteiger partial charge in [0.05, 0.1) is 16.3 Å². The van der Waals surface area contributed by atoms with E-state index in [2.05, 4.69) is 0 Å². The maximum absolute atomic E-state index is 12.9. The SMILES string of the molecule is N#Cc1cccc(Oc2ccc(F)cc2Cl)c1N. The molecule has 18 heavy (non-hydrogen) atoms. The Hall–Kier alpha value is -2.25. The number of benzene rings is 2. The zero-order valence-electron chi connectivity index (χ0n) is 9.15. The van der Waals surface area contributed by atoms with Gasteiger partial charge in [0.25, 0.3) is 0 Å². The van der Waals surface area contributed by atoms with Crippen LogP contribution in [-0.4, -0.2) is 0 Å². The van der Waals surface area contributed by atoms with Gasteiger partial charge in [0.1, 0.15) is 17.6 Å². The van der Waals surface area contributed by atoms with Crippen LogP contribution in [0, 0.1) is 17.1 Å². The molecule has 3 nitrogen and oxygen atoms in total. The summed E-state index contributed by atoms with van der Waals surface area (Å²) in [5.74, 6) is 0.133. The van der Waals surface area contributed by atoms with E-state index < -0.39 is 5.82 Å². The average molecular weight is 263 g/mol. The molecule has 0 unspecified atom stereocenters. The molecule has 0 saturated carbocycles. The molecule has 0 amide bonds. The molecule has 0 aliphatic rings. The minimum Gasteiger partial charge on any atom is -0.454 e. The number of halogens is 2. The van der Waals surface area contributed by atoms with Gasteiger partial charge in [-0.3, -0.25) is 0 Å². The maximum atomic E-state index is 12.9. The minimum atomic E-state index is -0.453. The van der Waals surface area contributed by atoms with Gasteiger partial charge in [0, 0.05) is 0 Å². The normalized spacial score (nSPS) is 9.83. The van der Waals surface area contributed by atoms with Crippen molar-refractivity contribution in [3.63, 3.8) is 0 Å². The van der Waals surface area contributed by atoms with E-state index in [1.54, 1.807) is 18.2 Å². The first-order chi connectivity index (χ1) is 8.61. The zero-order valence-corrected chi connectivity index (χ0v) is 9.91. The van der Waals surface area contributed by atoms with Gasteiger partial charge in [-0.05, 0) is 30.3 Å². The van der Waals surface area contributed by atoms with Gasteiger partial charge in [0.15, 0.2) is 5.75 Å². The summed E-state index contributed by atoms with van der Waals surface area (Å²) in [5.41, 5.74) is 6.29. The number of anilines is 1. The molecule has 0 aliphatic heterocycles. The molecule has 0 bridgehead atoms. The minimum absolute atomic E-state index is 0.136. The summed E-state index contributed by atoms with van der Waals surface area (Å²) < 4.78 is 18.3. The van der Waals surface area contributed by atoms with Gasteiger partial charge >= 0.3 is 0 Å². The average Bonchev–Trinajstić information content (AvgIpc) is 2.35. The van der Waals surface area contributed by atoms with Crippen LogP contribution in [-0.2, 0) is 0 Å². The molecular formula is C13H8ClFN2O. The fourth-order valence-corrected chi connectivity index (χ4v) is 1.61. The molecule has 2 aromatic rings. The van der Waals surface area contributed by atoms with Crippen LogP contribution in [0.3, 0.4) is 0 Å². The Labute approximate surface area is 108 Å². The second-order valence-corrected chi connectivity index (χ2v) is 3.91. The van der Waals surface area contributed by atoms with Crippen LogP contribution in [0.1, 0.15) is 5.56 Å². The van der Waals surface area contributed by atoms with Crippen molar-refractivity contribution in [1.29, 1.82) is 5.26 Å². The van der Waals surface area contributed by atoms with Crippen LogP contribution in [0.4, 0.5) is 10.1 Å². The predicted molar refractivity (Wildman–Crippen MR) is 67.1 cm³/mol. The lowest BCUT2D eigenvalue weighted by molar-refractivity contribution is 0.483. The van der Waals surface area contributed by atoms with Gasteiger partial charge in [-0.2, -0.15) is 5.26 Å². The number of hydrogen-bond donors (Lipinski definition) is 1. The number of nitrogens with two attached hydrogens (primary N) is 1. The van der Waals surface area contributed by atoms with Gasteiger partial charge in [-0.25, -0.2) is 4.39 Å². The Kier molecular flexibility index (Phi) is 3.35. The highest BCUT2D eigenvalue weighted by Crippen LogP contribution is 2.33. The van der Waals surface area contributed by atoms with Crippen molar-refractivity contribution < 1.29 is 9.13 Å². The quantitative estimate of drug-likeness (QED) is 0.839. The van der Waals surface area contributed by atoms with Crippen molar-refractivity contribution in [2.24, 2.45) is 0 Å². The Morgan fingerprint density at radius 2 is 2.00 bits per heavy atom. The highest BCUT2D eigenvalue weighted by atomic mass is 35.5. The molecule has 0 radical (unpaired) electrons. The predicted octanol–water partition coefficient (Wildman–Crippen LogP) is 3.73. The molecule has 0 aliphatic carbocycles. The number of nitrogen functional groups attached to an aromatic ring is 1. The molecular weight excluding hydrogens is 255 g/mol. The van der Waals surface area contributed by atoms with Gasteiger partial charge in [-0.1, -0.05) is 17.7 Å². The lowest BCUT2D eigenvalue weighted by Crippen LogP contribution is -1.95. The van der Waals surface area contributed by atoms with E-state index >= 15 is 0 Å².